The number of halogens is 2. The minimum absolute atomic E-state index is 0.00326. The fourth-order valence-electron chi connectivity index (χ4n) is 7.99. The number of amides is 1. The molecule has 3 N–H and O–H groups in total. The van der Waals surface area contributed by atoms with Crippen LogP contribution < -0.4 is 25.0 Å². The van der Waals surface area contributed by atoms with Crippen molar-refractivity contribution in [2.45, 2.75) is 55.9 Å². The van der Waals surface area contributed by atoms with Crippen LogP contribution in [0.5, 0.6) is 17.6 Å². The van der Waals surface area contributed by atoms with Crippen LogP contribution in [0.15, 0.2) is 36.4 Å². The number of aromatic hydroxyl groups is 1. The third kappa shape index (κ3) is 5.35. The number of carbonyl (C=O) groups excluding carboxylic acids is 1. The molecule has 4 saturated heterocycles. The number of hydrogen-bond donors (Lipinski definition) is 3. The largest absolute Gasteiger partial charge is 0.508 e. The van der Waals surface area contributed by atoms with Crippen molar-refractivity contribution in [3.05, 3.63) is 42.2 Å². The molecule has 8 rings (SSSR count). The van der Waals surface area contributed by atoms with E-state index in [4.69, 9.17) is 14.5 Å². The predicted molar refractivity (Wildman–Crippen MR) is 172 cm³/mol. The number of likely N-dealkylation sites (N-methyl/N-ethyl adjacent to an activating group) is 1. The summed E-state index contributed by atoms with van der Waals surface area (Å²) in [5, 5.41) is 18.4. The molecule has 4 aromatic rings. The molecule has 2 aromatic heterocycles. The molecule has 4 fully saturated rings. The molecule has 1 amide bonds. The van der Waals surface area contributed by atoms with E-state index < -0.39 is 17.5 Å². The Morgan fingerprint density at radius 1 is 1.13 bits per heavy atom. The molecular formula is C34H37F2N7O4. The number of alkyl halides is 1. The van der Waals surface area contributed by atoms with Crippen LogP contribution in [0.1, 0.15) is 32.1 Å². The Morgan fingerprint density at radius 2 is 1.94 bits per heavy atom. The van der Waals surface area contributed by atoms with Gasteiger partial charge in [0, 0.05) is 50.7 Å². The second-order valence-electron chi connectivity index (χ2n) is 13.2. The van der Waals surface area contributed by atoms with E-state index in [1.165, 1.54) is 13.1 Å². The Kier molecular flexibility index (Phi) is 7.47. The number of rotatable bonds is 8. The number of hydrogen-bond acceptors (Lipinski definition) is 10. The lowest BCUT2D eigenvalue weighted by molar-refractivity contribution is -0.122. The predicted octanol–water partition coefficient (Wildman–Crippen LogP) is 3.71. The maximum atomic E-state index is 17.0. The molecule has 6 heterocycles. The van der Waals surface area contributed by atoms with Crippen LogP contribution in [0.3, 0.4) is 0 Å². The zero-order chi connectivity index (χ0) is 32.3. The van der Waals surface area contributed by atoms with Crippen LogP contribution in [-0.4, -0.2) is 101 Å². The number of nitrogens with one attached hydrogen (secondary N) is 2. The molecular weight excluding hydrogens is 608 g/mol. The first kappa shape index (κ1) is 30.0. The number of fused-ring (bicyclic) bond motifs is 5. The SMILES string of the molecule is CNC(=O)COc1nc(-c2cc(O)cc3ccccc23)c(F)c2nc(OC[C@@]34CCCN3C[C@H](F)C4)nc(N3CC4CCC(C3)N4)c12. The van der Waals surface area contributed by atoms with E-state index in [0.717, 1.165) is 32.2 Å². The van der Waals surface area contributed by atoms with Gasteiger partial charge in [0.05, 0.1) is 5.54 Å². The molecule has 0 radical (unpaired) electrons. The Morgan fingerprint density at radius 3 is 2.74 bits per heavy atom. The van der Waals surface area contributed by atoms with Gasteiger partial charge in [0.25, 0.3) is 5.91 Å². The summed E-state index contributed by atoms with van der Waals surface area (Å²) in [5.74, 6) is -0.778. The van der Waals surface area contributed by atoms with Crippen LogP contribution >= 0.6 is 0 Å². The van der Waals surface area contributed by atoms with Crippen molar-refractivity contribution in [1.29, 1.82) is 0 Å². The van der Waals surface area contributed by atoms with Crippen molar-refractivity contribution in [1.82, 2.24) is 30.5 Å². The summed E-state index contributed by atoms with van der Waals surface area (Å²) in [5.41, 5.74) is -0.274. The summed E-state index contributed by atoms with van der Waals surface area (Å²) in [7, 11) is 1.50. The molecule has 4 aliphatic rings. The summed E-state index contributed by atoms with van der Waals surface area (Å²) in [6, 6.07) is 10.8. The molecule has 246 valence electrons. The standard InChI is InChI=1S/C34H37F2N7O4/c1-37-26(45)17-46-32-27-30(28(36)29(39-32)25-12-23(44)11-19-5-2-3-6-24(19)25)40-33(41-31(27)42-15-21-7-8-22(16-42)38-21)47-18-34-9-4-10-43(34)14-20(35)13-34/h2-3,5-6,11-12,20-22,38,44H,4,7-10,13-18H2,1H3,(H,37,45)/t20-,21?,22?,34+/m1/s1. The normalized spacial score (nSPS) is 25.4. The van der Waals surface area contributed by atoms with Crippen LogP contribution in [-0.2, 0) is 4.79 Å². The highest BCUT2D eigenvalue weighted by Crippen LogP contribution is 2.43. The molecule has 4 aliphatic heterocycles. The average Bonchev–Trinajstić information content (AvgIpc) is 3.72. The van der Waals surface area contributed by atoms with Crippen molar-refractivity contribution in [3.8, 4) is 28.9 Å². The molecule has 4 atom stereocenters. The van der Waals surface area contributed by atoms with Crippen molar-refractivity contribution < 1.29 is 28.2 Å². The maximum Gasteiger partial charge on any atom is 0.319 e. The van der Waals surface area contributed by atoms with Gasteiger partial charge in [-0.1, -0.05) is 24.3 Å². The Bertz CT molecular complexity index is 1870. The monoisotopic (exact) mass is 645 g/mol. The Labute approximate surface area is 270 Å². The lowest BCUT2D eigenvalue weighted by atomic mass is 9.95. The van der Waals surface area contributed by atoms with Crippen LogP contribution in [0.25, 0.3) is 32.9 Å². The van der Waals surface area contributed by atoms with Gasteiger partial charge in [-0.25, -0.2) is 13.8 Å². The van der Waals surface area contributed by atoms with Crippen molar-refractivity contribution >= 4 is 33.4 Å². The zero-order valence-electron chi connectivity index (χ0n) is 26.1. The smallest absolute Gasteiger partial charge is 0.319 e. The van der Waals surface area contributed by atoms with E-state index in [1.807, 2.05) is 24.3 Å². The molecule has 0 saturated carbocycles. The Balaban J connectivity index is 1.31. The highest BCUT2D eigenvalue weighted by Gasteiger charge is 2.49. The van der Waals surface area contributed by atoms with E-state index in [0.29, 0.717) is 48.2 Å². The number of phenols is 1. The number of pyridine rings is 1. The number of aromatic nitrogens is 3. The summed E-state index contributed by atoms with van der Waals surface area (Å²) < 4.78 is 43.9. The maximum absolute atomic E-state index is 17.0. The topological polar surface area (TPSA) is 125 Å². The first-order chi connectivity index (χ1) is 22.8. The molecule has 47 heavy (non-hydrogen) atoms. The van der Waals surface area contributed by atoms with Gasteiger partial charge < -0.3 is 30.1 Å². The van der Waals surface area contributed by atoms with Gasteiger partial charge in [-0.05, 0) is 55.1 Å². The second kappa shape index (κ2) is 11.7. The minimum Gasteiger partial charge on any atom is -0.508 e. The third-order valence-electron chi connectivity index (χ3n) is 10.2. The average molecular weight is 646 g/mol. The molecule has 2 bridgehead atoms. The number of nitrogens with zero attached hydrogens (tertiary/aromatic N) is 5. The summed E-state index contributed by atoms with van der Waals surface area (Å²) >= 11 is 0. The quantitative estimate of drug-likeness (QED) is 0.261. The van der Waals surface area contributed by atoms with E-state index in [-0.39, 0.29) is 65.4 Å². The van der Waals surface area contributed by atoms with E-state index in [1.54, 1.807) is 6.07 Å². The first-order valence-electron chi connectivity index (χ1n) is 16.3. The third-order valence-corrected chi connectivity index (χ3v) is 10.2. The number of anilines is 1. The second-order valence-corrected chi connectivity index (χ2v) is 13.2. The number of piperazine rings is 1. The van der Waals surface area contributed by atoms with Crippen molar-refractivity contribution in [2.75, 3.05) is 51.3 Å². The van der Waals surface area contributed by atoms with E-state index >= 15 is 4.39 Å². The fourth-order valence-corrected chi connectivity index (χ4v) is 7.99. The van der Waals surface area contributed by atoms with Gasteiger partial charge in [-0.2, -0.15) is 9.97 Å². The zero-order valence-corrected chi connectivity index (χ0v) is 26.1. The summed E-state index contributed by atoms with van der Waals surface area (Å²) in [4.78, 5) is 30.7. The van der Waals surface area contributed by atoms with Gasteiger partial charge in [0.2, 0.25) is 5.88 Å². The first-order valence-corrected chi connectivity index (χ1v) is 16.3. The number of carbonyl (C=O) groups is 1. The van der Waals surface area contributed by atoms with Gasteiger partial charge in [0.1, 0.15) is 40.9 Å². The minimum atomic E-state index is -0.925. The van der Waals surface area contributed by atoms with Crippen molar-refractivity contribution in [3.63, 3.8) is 0 Å². The molecule has 0 spiro atoms. The van der Waals surface area contributed by atoms with E-state index in [2.05, 4.69) is 30.4 Å². The molecule has 2 unspecified atom stereocenters. The number of benzene rings is 2. The van der Waals surface area contributed by atoms with Gasteiger partial charge in [0.15, 0.2) is 12.4 Å². The highest BCUT2D eigenvalue weighted by molar-refractivity contribution is 6.01. The molecule has 13 heteroatoms. The summed E-state index contributed by atoms with van der Waals surface area (Å²) in [6.07, 6.45) is 3.23. The van der Waals surface area contributed by atoms with Crippen molar-refractivity contribution in [2.24, 2.45) is 0 Å². The fraction of sp³-hybridized carbons (Fsp3) is 0.471. The Hall–Kier alpha value is -4.36. The van der Waals surface area contributed by atoms with Crippen LogP contribution in [0.2, 0.25) is 0 Å². The number of phenolic OH excluding ortho intramolecular Hbond substituents is 1. The van der Waals surface area contributed by atoms with Gasteiger partial charge >= 0.3 is 6.01 Å². The molecule has 0 aliphatic carbocycles. The lowest BCUT2D eigenvalue weighted by Crippen LogP contribution is -2.51. The van der Waals surface area contributed by atoms with Gasteiger partial charge in [-0.15, -0.1) is 0 Å². The van der Waals surface area contributed by atoms with E-state index in [9.17, 15) is 14.3 Å². The highest BCUT2D eigenvalue weighted by atomic mass is 19.1. The number of ether oxygens (including phenoxy) is 2. The molecule has 2 aromatic carbocycles. The van der Waals surface area contributed by atoms with Crippen LogP contribution in [0.4, 0.5) is 14.6 Å². The summed E-state index contributed by atoms with van der Waals surface area (Å²) in [6.45, 7) is 2.26. The van der Waals surface area contributed by atoms with Gasteiger partial charge in [-0.3, -0.25) is 9.69 Å². The van der Waals surface area contributed by atoms with Crippen LogP contribution in [0, 0.1) is 5.82 Å². The lowest BCUT2D eigenvalue weighted by Gasteiger charge is -2.35. The molecule has 11 nitrogen and oxygen atoms in total.